The van der Waals surface area contributed by atoms with Crippen LogP contribution in [0.3, 0.4) is 0 Å². The largest absolute Gasteiger partial charge is 0.336 e. The van der Waals surface area contributed by atoms with E-state index in [2.05, 4.69) is 20.6 Å². The number of carbonyl (C=O) groups excluding carboxylic acids is 1. The Bertz CT molecular complexity index is 837. The fourth-order valence-corrected chi connectivity index (χ4v) is 3.58. The van der Waals surface area contributed by atoms with E-state index in [1.54, 1.807) is 9.58 Å². The van der Waals surface area contributed by atoms with Gasteiger partial charge in [-0.25, -0.2) is 14.5 Å². The van der Waals surface area contributed by atoms with Gasteiger partial charge in [-0.1, -0.05) is 16.6 Å². The van der Waals surface area contributed by atoms with Crippen molar-refractivity contribution in [3.8, 4) is 0 Å². The molecule has 4 rings (SSSR count). The summed E-state index contributed by atoms with van der Waals surface area (Å²) in [4.78, 5) is 18.2. The van der Waals surface area contributed by atoms with Gasteiger partial charge in [0.05, 0.1) is 10.7 Å². The minimum Gasteiger partial charge on any atom is -0.336 e. The van der Waals surface area contributed by atoms with Crippen LogP contribution in [0.1, 0.15) is 6.92 Å². The summed E-state index contributed by atoms with van der Waals surface area (Å²) < 4.78 is 2.75. The van der Waals surface area contributed by atoms with Crippen molar-refractivity contribution in [2.24, 2.45) is 7.05 Å². The molecule has 1 fully saturated rings. The fraction of sp³-hybridized carbons (Fsp3) is 0.333. The van der Waals surface area contributed by atoms with Gasteiger partial charge in [-0.3, -0.25) is 4.90 Å². The molecule has 1 aliphatic rings. The molecule has 0 radical (unpaired) electrons. The van der Waals surface area contributed by atoms with E-state index in [1.807, 2.05) is 26.1 Å². The smallest absolute Gasteiger partial charge is 0.324 e. The van der Waals surface area contributed by atoms with E-state index in [9.17, 15) is 4.79 Å². The highest BCUT2D eigenvalue weighted by molar-refractivity contribution is 7.22. The molecule has 7 nitrogen and oxygen atoms in total. The zero-order chi connectivity index (χ0) is 13.9. The molecule has 1 aromatic carbocycles. The van der Waals surface area contributed by atoms with Gasteiger partial charge in [0.25, 0.3) is 0 Å². The Balaban J connectivity index is 1.96. The van der Waals surface area contributed by atoms with E-state index < -0.39 is 0 Å². The number of anilines is 1. The molecule has 3 aromatic rings. The van der Waals surface area contributed by atoms with Gasteiger partial charge in [-0.15, -0.1) is 5.10 Å². The molecular weight excluding hydrogens is 276 g/mol. The summed E-state index contributed by atoms with van der Waals surface area (Å²) in [5.41, 5.74) is 2.56. The minimum absolute atomic E-state index is 0.0871. The Morgan fingerprint density at radius 3 is 3.05 bits per heavy atom. The molecule has 20 heavy (non-hydrogen) atoms. The van der Waals surface area contributed by atoms with E-state index in [1.165, 1.54) is 11.3 Å². The van der Waals surface area contributed by atoms with Crippen molar-refractivity contribution in [2.75, 3.05) is 11.4 Å². The third-order valence-corrected chi connectivity index (χ3v) is 4.55. The first-order valence-electron chi connectivity index (χ1n) is 6.31. The quantitative estimate of drug-likeness (QED) is 0.736. The molecule has 0 aliphatic carbocycles. The first-order valence-corrected chi connectivity index (χ1v) is 7.13. The Morgan fingerprint density at radius 2 is 2.30 bits per heavy atom. The number of hydrogen-bond acceptors (Lipinski definition) is 5. The molecule has 1 atom stereocenters. The lowest BCUT2D eigenvalue weighted by molar-refractivity contribution is 0.252. The average molecular weight is 288 g/mol. The van der Waals surface area contributed by atoms with Crippen molar-refractivity contribution < 1.29 is 4.79 Å². The zero-order valence-corrected chi connectivity index (χ0v) is 11.8. The first-order chi connectivity index (χ1) is 9.65. The van der Waals surface area contributed by atoms with Crippen LogP contribution in [-0.2, 0) is 7.05 Å². The highest BCUT2D eigenvalue weighted by Gasteiger charge is 2.31. The second-order valence-corrected chi connectivity index (χ2v) is 5.90. The normalized spacial score (nSPS) is 19.2. The molecule has 2 amide bonds. The number of nitrogens with one attached hydrogen (secondary N) is 1. The van der Waals surface area contributed by atoms with Crippen LogP contribution in [0.4, 0.5) is 9.93 Å². The summed E-state index contributed by atoms with van der Waals surface area (Å²) in [6.45, 7) is 2.66. The van der Waals surface area contributed by atoms with Gasteiger partial charge in [0.15, 0.2) is 5.13 Å². The Kier molecular flexibility index (Phi) is 2.25. The van der Waals surface area contributed by atoms with Crippen molar-refractivity contribution in [2.45, 2.75) is 13.0 Å². The third-order valence-electron chi connectivity index (χ3n) is 3.53. The minimum atomic E-state index is -0.0871. The number of amides is 2. The number of aryl methyl sites for hydroxylation is 1. The molecule has 1 aliphatic heterocycles. The van der Waals surface area contributed by atoms with Crippen LogP contribution >= 0.6 is 11.3 Å². The van der Waals surface area contributed by atoms with Crippen LogP contribution in [0, 0.1) is 0 Å². The van der Waals surface area contributed by atoms with E-state index >= 15 is 0 Å². The Morgan fingerprint density at radius 1 is 1.45 bits per heavy atom. The van der Waals surface area contributed by atoms with Crippen LogP contribution in [0.25, 0.3) is 21.3 Å². The Labute approximate surface area is 118 Å². The van der Waals surface area contributed by atoms with E-state index in [4.69, 9.17) is 0 Å². The summed E-state index contributed by atoms with van der Waals surface area (Å²) in [5, 5.41) is 11.7. The van der Waals surface area contributed by atoms with Gasteiger partial charge in [0, 0.05) is 13.6 Å². The van der Waals surface area contributed by atoms with Crippen LogP contribution in [-0.4, -0.2) is 38.6 Å². The monoisotopic (exact) mass is 288 g/mol. The maximum Gasteiger partial charge on any atom is 0.324 e. The number of nitrogens with zero attached hydrogens (tertiary/aromatic N) is 5. The molecular formula is C12H12N6OS. The molecule has 0 spiro atoms. The molecule has 3 heterocycles. The van der Waals surface area contributed by atoms with Crippen LogP contribution in [0.15, 0.2) is 12.1 Å². The summed E-state index contributed by atoms with van der Waals surface area (Å²) >= 11 is 1.51. The third kappa shape index (κ3) is 1.45. The number of hydrogen-bond donors (Lipinski definition) is 1. The molecule has 1 N–H and O–H groups in total. The second-order valence-electron chi connectivity index (χ2n) is 4.89. The lowest BCUT2D eigenvalue weighted by Gasteiger charge is -2.15. The fourth-order valence-electron chi connectivity index (χ4n) is 2.51. The van der Waals surface area contributed by atoms with Gasteiger partial charge in [0.2, 0.25) is 0 Å². The molecule has 8 heteroatoms. The summed E-state index contributed by atoms with van der Waals surface area (Å²) in [5.74, 6) is 0. The lowest BCUT2D eigenvalue weighted by Crippen LogP contribution is -2.32. The number of urea groups is 1. The number of fused-ring (bicyclic) bond motifs is 3. The van der Waals surface area contributed by atoms with E-state index in [-0.39, 0.29) is 12.1 Å². The molecule has 2 aromatic heterocycles. The maximum atomic E-state index is 11.9. The van der Waals surface area contributed by atoms with Crippen LogP contribution < -0.4 is 10.2 Å². The lowest BCUT2D eigenvalue weighted by atomic mass is 10.3. The summed E-state index contributed by atoms with van der Waals surface area (Å²) in [6, 6.07) is 3.94. The molecule has 0 saturated carbocycles. The Hall–Kier alpha value is -2.22. The number of aromatic nitrogens is 4. The van der Waals surface area contributed by atoms with Gasteiger partial charge in [0.1, 0.15) is 16.6 Å². The topological polar surface area (TPSA) is 75.9 Å². The highest BCUT2D eigenvalue weighted by atomic mass is 32.1. The van der Waals surface area contributed by atoms with Crippen molar-refractivity contribution in [3.05, 3.63) is 12.1 Å². The number of carbonyl (C=O) groups is 1. The second kappa shape index (κ2) is 3.89. The molecule has 1 unspecified atom stereocenters. The van der Waals surface area contributed by atoms with E-state index in [0.29, 0.717) is 6.54 Å². The van der Waals surface area contributed by atoms with Crippen LogP contribution in [0.5, 0.6) is 0 Å². The standard InChI is InChI=1S/C12H12N6OS/c1-6-5-13-11(19)18(6)12-14-9-8(20-12)4-3-7-10(9)17(2)16-15-7/h3-4,6H,5H2,1-2H3,(H,13,19). The number of rotatable bonds is 1. The summed E-state index contributed by atoms with van der Waals surface area (Å²) in [6.07, 6.45) is 0. The molecule has 1 saturated heterocycles. The van der Waals surface area contributed by atoms with Gasteiger partial charge in [-0.2, -0.15) is 0 Å². The molecule has 102 valence electrons. The maximum absolute atomic E-state index is 11.9. The van der Waals surface area contributed by atoms with Gasteiger partial charge >= 0.3 is 6.03 Å². The SMILES string of the molecule is CC1CNC(=O)N1c1nc2c(ccc3nnn(C)c32)s1. The van der Waals surface area contributed by atoms with Crippen molar-refractivity contribution in [1.29, 1.82) is 0 Å². The summed E-state index contributed by atoms with van der Waals surface area (Å²) in [7, 11) is 1.85. The zero-order valence-electron chi connectivity index (χ0n) is 11.0. The van der Waals surface area contributed by atoms with Gasteiger partial charge in [-0.05, 0) is 19.1 Å². The average Bonchev–Trinajstić information content (AvgIpc) is 3.07. The first kappa shape index (κ1) is 11.6. The number of benzene rings is 1. The van der Waals surface area contributed by atoms with Crippen molar-refractivity contribution in [3.63, 3.8) is 0 Å². The number of thiazole rings is 1. The highest BCUT2D eigenvalue weighted by Crippen LogP contribution is 2.34. The van der Waals surface area contributed by atoms with Crippen molar-refractivity contribution >= 4 is 43.7 Å². The van der Waals surface area contributed by atoms with Crippen LogP contribution in [0.2, 0.25) is 0 Å². The molecule has 0 bridgehead atoms. The predicted octanol–water partition coefficient (Wildman–Crippen LogP) is 1.50. The predicted molar refractivity (Wildman–Crippen MR) is 77.0 cm³/mol. The van der Waals surface area contributed by atoms with E-state index in [0.717, 1.165) is 26.4 Å². The van der Waals surface area contributed by atoms with Crippen molar-refractivity contribution in [1.82, 2.24) is 25.3 Å². The van der Waals surface area contributed by atoms with Gasteiger partial charge < -0.3 is 5.32 Å².